The molecule has 0 bridgehead atoms. The molecule has 17 heavy (non-hydrogen) atoms. The third-order valence-corrected chi connectivity index (χ3v) is 5.02. The fraction of sp³-hybridized carbons (Fsp3) is 0.571. The maximum Gasteiger partial charge on any atom is 0.0775 e. The lowest BCUT2D eigenvalue weighted by Gasteiger charge is -2.17. The van der Waals surface area contributed by atoms with Crippen LogP contribution in [0, 0.1) is 5.92 Å². The quantitative estimate of drug-likeness (QED) is 0.758. The number of hydrogen-bond donors (Lipinski definition) is 2. The molecule has 0 heterocycles. The van der Waals surface area contributed by atoms with Crippen molar-refractivity contribution < 1.29 is 5.11 Å². The Morgan fingerprint density at radius 1 is 1.18 bits per heavy atom. The summed E-state index contributed by atoms with van der Waals surface area (Å²) in [4.78, 5) is 0. The third-order valence-electron chi connectivity index (χ3n) is 2.95. The van der Waals surface area contributed by atoms with Gasteiger partial charge in [-0.1, -0.05) is 56.0 Å². The Kier molecular flexibility index (Phi) is 5.37. The van der Waals surface area contributed by atoms with E-state index in [-0.39, 0.29) is 6.61 Å². The molecule has 0 aromatic heterocycles. The van der Waals surface area contributed by atoms with Crippen LogP contribution in [0.15, 0.2) is 24.3 Å². The summed E-state index contributed by atoms with van der Waals surface area (Å²) in [7, 11) is -1.16. The second-order valence-corrected chi connectivity index (χ2v) is 10.9. The number of rotatable bonds is 6. The molecule has 0 spiro atoms. The molecule has 0 saturated heterocycles. The molecule has 0 fully saturated rings. The van der Waals surface area contributed by atoms with Crippen LogP contribution in [-0.2, 0) is 6.54 Å². The van der Waals surface area contributed by atoms with E-state index in [4.69, 9.17) is 5.11 Å². The number of aliphatic hydroxyl groups excluding tert-OH is 1. The fourth-order valence-corrected chi connectivity index (χ4v) is 2.82. The van der Waals surface area contributed by atoms with E-state index in [9.17, 15) is 0 Å². The van der Waals surface area contributed by atoms with Crippen molar-refractivity contribution in [3.05, 3.63) is 29.8 Å². The Morgan fingerprint density at radius 3 is 2.24 bits per heavy atom. The first-order valence-electron chi connectivity index (χ1n) is 6.34. The standard InChI is InChI=1S/C14H25NOSi/c1-12(11-16)9-15-10-13-5-7-14(8-6-13)17(2,3)4/h5-8,12,15-16H,9-11H2,1-4H3. The van der Waals surface area contributed by atoms with Crippen molar-refractivity contribution in [1.29, 1.82) is 0 Å². The zero-order valence-corrected chi connectivity index (χ0v) is 12.5. The van der Waals surface area contributed by atoms with Gasteiger partial charge in [0.05, 0.1) is 8.07 Å². The number of aliphatic hydroxyl groups is 1. The van der Waals surface area contributed by atoms with Gasteiger partial charge in [-0.15, -0.1) is 0 Å². The minimum Gasteiger partial charge on any atom is -0.396 e. The lowest BCUT2D eigenvalue weighted by atomic mass is 10.2. The average Bonchev–Trinajstić information content (AvgIpc) is 2.28. The van der Waals surface area contributed by atoms with E-state index < -0.39 is 8.07 Å². The summed E-state index contributed by atoms with van der Waals surface area (Å²) in [6, 6.07) is 8.95. The van der Waals surface area contributed by atoms with E-state index in [2.05, 4.69) is 49.2 Å². The monoisotopic (exact) mass is 251 g/mol. The van der Waals surface area contributed by atoms with Gasteiger partial charge in [0.1, 0.15) is 0 Å². The van der Waals surface area contributed by atoms with E-state index in [1.54, 1.807) is 0 Å². The number of benzene rings is 1. The first kappa shape index (κ1) is 14.4. The van der Waals surface area contributed by atoms with E-state index >= 15 is 0 Å². The number of hydrogen-bond acceptors (Lipinski definition) is 2. The Hall–Kier alpha value is -0.643. The van der Waals surface area contributed by atoms with Gasteiger partial charge in [0.15, 0.2) is 0 Å². The summed E-state index contributed by atoms with van der Waals surface area (Å²) in [6.45, 7) is 11.1. The van der Waals surface area contributed by atoms with Gasteiger partial charge >= 0.3 is 0 Å². The van der Waals surface area contributed by atoms with Crippen molar-refractivity contribution in [2.24, 2.45) is 5.92 Å². The van der Waals surface area contributed by atoms with E-state index in [1.165, 1.54) is 10.8 Å². The summed E-state index contributed by atoms with van der Waals surface area (Å²) in [5.41, 5.74) is 1.32. The maximum atomic E-state index is 8.92. The first-order chi connectivity index (χ1) is 7.93. The SMILES string of the molecule is CC(CO)CNCc1ccc([Si](C)(C)C)cc1. The average molecular weight is 251 g/mol. The summed E-state index contributed by atoms with van der Waals surface area (Å²) in [6.07, 6.45) is 0. The van der Waals surface area contributed by atoms with Gasteiger partial charge < -0.3 is 10.4 Å². The Balaban J connectivity index is 2.46. The van der Waals surface area contributed by atoms with Crippen LogP contribution in [0.3, 0.4) is 0 Å². The van der Waals surface area contributed by atoms with Gasteiger partial charge in [0.2, 0.25) is 0 Å². The molecular formula is C14H25NOSi. The van der Waals surface area contributed by atoms with Crippen LogP contribution in [-0.4, -0.2) is 26.3 Å². The van der Waals surface area contributed by atoms with Crippen LogP contribution in [0.4, 0.5) is 0 Å². The molecule has 1 atom stereocenters. The minimum absolute atomic E-state index is 0.252. The Labute approximate surface area is 106 Å². The highest BCUT2D eigenvalue weighted by Crippen LogP contribution is 2.04. The van der Waals surface area contributed by atoms with Crippen LogP contribution in [0.1, 0.15) is 12.5 Å². The Bertz CT molecular complexity index is 329. The van der Waals surface area contributed by atoms with Crippen molar-refractivity contribution in [3.8, 4) is 0 Å². The van der Waals surface area contributed by atoms with Crippen molar-refractivity contribution >= 4 is 13.3 Å². The van der Waals surface area contributed by atoms with Crippen molar-refractivity contribution in [3.63, 3.8) is 0 Å². The first-order valence-corrected chi connectivity index (χ1v) is 9.84. The molecule has 0 saturated carbocycles. The molecule has 0 aliphatic heterocycles. The van der Waals surface area contributed by atoms with Crippen LogP contribution in [0.25, 0.3) is 0 Å². The van der Waals surface area contributed by atoms with Crippen molar-refractivity contribution in [1.82, 2.24) is 5.32 Å². The molecule has 1 unspecified atom stereocenters. The van der Waals surface area contributed by atoms with Gasteiger partial charge in [-0.3, -0.25) is 0 Å². The second-order valence-electron chi connectivity index (χ2n) is 5.87. The van der Waals surface area contributed by atoms with E-state index in [1.807, 2.05) is 6.92 Å². The van der Waals surface area contributed by atoms with Crippen LogP contribution >= 0.6 is 0 Å². The molecule has 1 aromatic carbocycles. The normalized spacial score (nSPS) is 13.7. The highest BCUT2D eigenvalue weighted by atomic mass is 28.3. The molecule has 1 rings (SSSR count). The maximum absolute atomic E-state index is 8.92. The molecule has 3 heteroatoms. The predicted molar refractivity (Wildman–Crippen MR) is 77.4 cm³/mol. The molecular weight excluding hydrogens is 226 g/mol. The zero-order valence-electron chi connectivity index (χ0n) is 11.5. The molecule has 2 N–H and O–H groups in total. The molecule has 0 amide bonds. The smallest absolute Gasteiger partial charge is 0.0775 e. The summed E-state index contributed by atoms with van der Waals surface area (Å²) >= 11 is 0. The van der Waals surface area contributed by atoms with Crippen molar-refractivity contribution in [2.75, 3.05) is 13.2 Å². The molecule has 1 aromatic rings. The second kappa shape index (κ2) is 6.33. The molecule has 0 radical (unpaired) electrons. The summed E-state index contributed by atoms with van der Waals surface area (Å²) < 4.78 is 0. The van der Waals surface area contributed by atoms with E-state index in [0.717, 1.165) is 13.1 Å². The molecule has 96 valence electrons. The van der Waals surface area contributed by atoms with Crippen LogP contribution in [0.5, 0.6) is 0 Å². The van der Waals surface area contributed by atoms with Gasteiger partial charge in [-0.05, 0) is 11.5 Å². The molecule has 0 aliphatic rings. The van der Waals surface area contributed by atoms with Crippen LogP contribution in [0.2, 0.25) is 19.6 Å². The fourth-order valence-electron chi connectivity index (χ4n) is 1.65. The summed E-state index contributed by atoms with van der Waals surface area (Å²) in [5, 5.41) is 13.8. The van der Waals surface area contributed by atoms with Gasteiger partial charge in [0, 0.05) is 19.7 Å². The molecule has 2 nitrogen and oxygen atoms in total. The zero-order chi connectivity index (χ0) is 12.9. The predicted octanol–water partition coefficient (Wildman–Crippen LogP) is 1.95. The van der Waals surface area contributed by atoms with Crippen molar-refractivity contribution in [2.45, 2.75) is 33.1 Å². The lowest BCUT2D eigenvalue weighted by molar-refractivity contribution is 0.233. The molecule has 0 aliphatic carbocycles. The number of nitrogens with one attached hydrogen (secondary N) is 1. The topological polar surface area (TPSA) is 32.3 Å². The minimum atomic E-state index is -1.16. The van der Waals surface area contributed by atoms with Gasteiger partial charge in [0.25, 0.3) is 0 Å². The van der Waals surface area contributed by atoms with Gasteiger partial charge in [-0.25, -0.2) is 0 Å². The highest BCUT2D eigenvalue weighted by molar-refractivity contribution is 6.88. The van der Waals surface area contributed by atoms with E-state index in [0.29, 0.717) is 5.92 Å². The van der Waals surface area contributed by atoms with Crippen LogP contribution < -0.4 is 10.5 Å². The summed E-state index contributed by atoms with van der Waals surface area (Å²) in [5.74, 6) is 0.330. The third kappa shape index (κ3) is 5.02. The Morgan fingerprint density at radius 2 is 1.76 bits per heavy atom. The van der Waals surface area contributed by atoms with Gasteiger partial charge in [-0.2, -0.15) is 0 Å². The lowest BCUT2D eigenvalue weighted by Crippen LogP contribution is -2.37. The highest BCUT2D eigenvalue weighted by Gasteiger charge is 2.15. The largest absolute Gasteiger partial charge is 0.396 e.